The molecule has 0 radical (unpaired) electrons. The van der Waals surface area contributed by atoms with Gasteiger partial charge in [-0.25, -0.2) is 13.4 Å². The number of sulfone groups is 1. The van der Waals surface area contributed by atoms with Crippen molar-refractivity contribution in [3.63, 3.8) is 0 Å². The molecule has 2 aromatic carbocycles. The summed E-state index contributed by atoms with van der Waals surface area (Å²) in [5, 5.41) is 1.82. The Kier molecular flexibility index (Phi) is 5.58. The molecular weight excluding hydrogens is 402 g/mol. The van der Waals surface area contributed by atoms with Gasteiger partial charge in [0.2, 0.25) is 9.84 Å². The first-order valence-corrected chi connectivity index (χ1v) is 10.1. The lowest BCUT2D eigenvalue weighted by Crippen LogP contribution is -2.52. The minimum Gasteiger partial charge on any atom is -0.304 e. The number of carbonyl (C=O) groups is 2. The number of rotatable bonds is 2. The molecule has 7 nitrogen and oxygen atoms in total. The maximum absolute atomic E-state index is 12.9. The second kappa shape index (κ2) is 7.63. The van der Waals surface area contributed by atoms with E-state index in [4.69, 9.17) is 0 Å². The van der Waals surface area contributed by atoms with Gasteiger partial charge in [0.25, 0.3) is 5.91 Å². The highest BCUT2D eigenvalue weighted by atomic mass is 35.5. The SMILES string of the molecule is CN1CCN(NC(=O)c2ccc3c(c2)S(=O)(=O)c2ccccc2C3=O)CC1.Cl. The van der Waals surface area contributed by atoms with Crippen molar-refractivity contribution in [2.75, 3.05) is 33.2 Å². The molecule has 1 fully saturated rings. The summed E-state index contributed by atoms with van der Waals surface area (Å²) < 4.78 is 25.9. The van der Waals surface area contributed by atoms with E-state index in [9.17, 15) is 18.0 Å². The fourth-order valence-electron chi connectivity index (χ4n) is 3.35. The number of hydrogen-bond donors (Lipinski definition) is 1. The van der Waals surface area contributed by atoms with Crippen LogP contribution in [0.1, 0.15) is 26.3 Å². The molecule has 0 unspecified atom stereocenters. The molecule has 0 spiro atoms. The van der Waals surface area contributed by atoms with Crippen molar-refractivity contribution >= 4 is 33.9 Å². The van der Waals surface area contributed by atoms with E-state index in [1.807, 2.05) is 12.1 Å². The third kappa shape index (κ3) is 3.44. The second-order valence-electron chi connectivity index (χ2n) is 6.77. The van der Waals surface area contributed by atoms with Crippen LogP contribution >= 0.6 is 12.4 Å². The number of nitrogens with zero attached hydrogens (tertiary/aromatic N) is 2. The van der Waals surface area contributed by atoms with Crippen LogP contribution in [0, 0.1) is 0 Å². The molecule has 2 aromatic rings. The van der Waals surface area contributed by atoms with Gasteiger partial charge in [-0.05, 0) is 37.4 Å². The molecule has 2 aliphatic rings. The van der Waals surface area contributed by atoms with E-state index in [-0.39, 0.29) is 50.6 Å². The van der Waals surface area contributed by atoms with Crippen LogP contribution in [0.2, 0.25) is 0 Å². The van der Waals surface area contributed by atoms with Crippen molar-refractivity contribution in [1.29, 1.82) is 0 Å². The first-order valence-electron chi connectivity index (χ1n) is 8.65. The molecule has 1 saturated heterocycles. The highest BCUT2D eigenvalue weighted by molar-refractivity contribution is 7.91. The number of likely N-dealkylation sites (N-methyl/N-ethyl adjacent to an activating group) is 1. The number of amides is 1. The molecule has 4 rings (SSSR count). The topological polar surface area (TPSA) is 86.8 Å². The Labute approximate surface area is 169 Å². The van der Waals surface area contributed by atoms with Crippen LogP contribution in [-0.4, -0.2) is 63.2 Å². The van der Waals surface area contributed by atoms with E-state index in [0.29, 0.717) is 13.1 Å². The number of carbonyl (C=O) groups excluding carboxylic acids is 2. The zero-order valence-electron chi connectivity index (χ0n) is 15.2. The Morgan fingerprint density at radius 1 is 0.964 bits per heavy atom. The van der Waals surface area contributed by atoms with Gasteiger partial charge < -0.3 is 4.90 Å². The van der Waals surface area contributed by atoms with E-state index < -0.39 is 9.84 Å². The highest BCUT2D eigenvalue weighted by Gasteiger charge is 2.35. The Hall–Kier alpha value is -2.26. The molecule has 0 atom stereocenters. The minimum absolute atomic E-state index is 0. The average Bonchev–Trinajstić information content (AvgIpc) is 2.68. The maximum Gasteiger partial charge on any atom is 0.265 e. The van der Waals surface area contributed by atoms with Crippen LogP contribution in [0.15, 0.2) is 52.3 Å². The summed E-state index contributed by atoms with van der Waals surface area (Å²) in [6.45, 7) is 3.06. The first-order chi connectivity index (χ1) is 12.9. The zero-order chi connectivity index (χ0) is 19.2. The Morgan fingerprint density at radius 3 is 2.32 bits per heavy atom. The van der Waals surface area contributed by atoms with E-state index in [1.54, 1.807) is 12.1 Å². The number of ketones is 1. The summed E-state index contributed by atoms with van der Waals surface area (Å²) in [5.74, 6) is -0.731. The molecule has 148 valence electrons. The summed E-state index contributed by atoms with van der Waals surface area (Å²) in [7, 11) is -1.84. The third-order valence-corrected chi connectivity index (χ3v) is 6.81. The Balaban J connectivity index is 0.00000225. The zero-order valence-corrected chi connectivity index (χ0v) is 16.8. The molecule has 28 heavy (non-hydrogen) atoms. The number of fused-ring (bicyclic) bond motifs is 2. The van der Waals surface area contributed by atoms with Gasteiger partial charge in [0.05, 0.1) is 9.79 Å². The number of hydrogen-bond acceptors (Lipinski definition) is 6. The number of hydrazine groups is 1. The molecule has 0 aliphatic carbocycles. The number of nitrogens with one attached hydrogen (secondary N) is 1. The van der Waals surface area contributed by atoms with Crippen molar-refractivity contribution in [2.24, 2.45) is 0 Å². The van der Waals surface area contributed by atoms with E-state index in [0.717, 1.165) is 13.1 Å². The lowest BCUT2D eigenvalue weighted by molar-refractivity contribution is 0.0662. The monoisotopic (exact) mass is 421 g/mol. The summed E-state index contributed by atoms with van der Waals surface area (Å²) in [6, 6.07) is 10.3. The van der Waals surface area contributed by atoms with Gasteiger partial charge in [-0.1, -0.05) is 12.1 Å². The molecule has 9 heteroatoms. The van der Waals surface area contributed by atoms with Gasteiger partial charge in [-0.2, -0.15) is 0 Å². The molecule has 2 heterocycles. The predicted molar refractivity (Wildman–Crippen MR) is 106 cm³/mol. The maximum atomic E-state index is 12.9. The summed E-state index contributed by atoms with van der Waals surface area (Å²) in [5.41, 5.74) is 3.29. The lowest BCUT2D eigenvalue weighted by atomic mass is 10.0. The standard InChI is InChI=1S/C19H19N3O4S.ClH/c1-21-8-10-22(11-9-21)20-19(24)13-6-7-15-17(12-13)27(25,26)16-5-3-2-4-14(16)18(15)23;/h2-7,12H,8-11H2,1H3,(H,20,24);1H. The molecule has 1 amide bonds. The fraction of sp³-hybridized carbons (Fsp3) is 0.263. The summed E-state index contributed by atoms with van der Waals surface area (Å²) >= 11 is 0. The quantitative estimate of drug-likeness (QED) is 0.672. The Morgan fingerprint density at radius 2 is 1.61 bits per heavy atom. The molecule has 0 saturated carbocycles. The predicted octanol–water partition coefficient (Wildman–Crippen LogP) is 1.38. The number of piperazine rings is 1. The largest absolute Gasteiger partial charge is 0.304 e. The molecule has 2 aliphatic heterocycles. The third-order valence-electron chi connectivity index (χ3n) is 4.96. The molecule has 1 N–H and O–H groups in total. The number of halogens is 1. The fourth-order valence-corrected chi connectivity index (χ4v) is 5.03. The first kappa shape index (κ1) is 20.5. The van der Waals surface area contributed by atoms with Gasteiger partial charge in [0, 0.05) is 42.9 Å². The smallest absolute Gasteiger partial charge is 0.265 e. The normalized spacial score (nSPS) is 18.5. The van der Waals surface area contributed by atoms with E-state index >= 15 is 0 Å². The van der Waals surface area contributed by atoms with Crippen molar-refractivity contribution in [3.05, 3.63) is 59.2 Å². The van der Waals surface area contributed by atoms with Crippen LogP contribution in [0.25, 0.3) is 0 Å². The van der Waals surface area contributed by atoms with Gasteiger partial charge in [0.1, 0.15) is 0 Å². The Bertz CT molecular complexity index is 1050. The van der Waals surface area contributed by atoms with Crippen molar-refractivity contribution in [1.82, 2.24) is 15.3 Å². The lowest BCUT2D eigenvalue weighted by Gasteiger charge is -2.32. The highest BCUT2D eigenvalue weighted by Crippen LogP contribution is 2.34. The summed E-state index contributed by atoms with van der Waals surface area (Å²) in [6.07, 6.45) is 0. The van der Waals surface area contributed by atoms with Gasteiger partial charge in [-0.15, -0.1) is 12.4 Å². The van der Waals surface area contributed by atoms with Crippen LogP contribution in [0.5, 0.6) is 0 Å². The van der Waals surface area contributed by atoms with Crippen molar-refractivity contribution < 1.29 is 18.0 Å². The second-order valence-corrected chi connectivity index (χ2v) is 8.66. The van der Waals surface area contributed by atoms with Crippen LogP contribution in [-0.2, 0) is 9.84 Å². The van der Waals surface area contributed by atoms with Gasteiger partial charge >= 0.3 is 0 Å². The van der Waals surface area contributed by atoms with Crippen molar-refractivity contribution in [3.8, 4) is 0 Å². The van der Waals surface area contributed by atoms with E-state index in [1.165, 1.54) is 30.3 Å². The van der Waals surface area contributed by atoms with Gasteiger partial charge in [-0.3, -0.25) is 15.0 Å². The molecular formula is C19H20ClN3O4S. The van der Waals surface area contributed by atoms with Crippen LogP contribution in [0.4, 0.5) is 0 Å². The van der Waals surface area contributed by atoms with Crippen molar-refractivity contribution in [2.45, 2.75) is 9.79 Å². The average molecular weight is 422 g/mol. The van der Waals surface area contributed by atoms with Crippen LogP contribution in [0.3, 0.4) is 0 Å². The number of benzene rings is 2. The molecule has 0 bridgehead atoms. The summed E-state index contributed by atoms with van der Waals surface area (Å²) in [4.78, 5) is 27.3. The van der Waals surface area contributed by atoms with E-state index in [2.05, 4.69) is 10.3 Å². The van der Waals surface area contributed by atoms with Gasteiger partial charge in [0.15, 0.2) is 5.78 Å². The van der Waals surface area contributed by atoms with Crippen LogP contribution < -0.4 is 5.43 Å². The minimum atomic E-state index is -3.85. The molecule has 0 aromatic heterocycles.